The molecule has 2 nitrogen and oxygen atoms in total. The van der Waals surface area contributed by atoms with E-state index in [-0.39, 0.29) is 0 Å². The van der Waals surface area contributed by atoms with Crippen molar-refractivity contribution in [2.45, 2.75) is 6.92 Å². The van der Waals surface area contributed by atoms with Crippen molar-refractivity contribution in [3.05, 3.63) is 107 Å². The van der Waals surface area contributed by atoms with Crippen molar-refractivity contribution in [1.29, 1.82) is 0 Å². The molecule has 5 aromatic carbocycles. The lowest BCUT2D eigenvalue weighted by atomic mass is 9.98. The van der Waals surface area contributed by atoms with Gasteiger partial charge in [-0.3, -0.25) is 4.57 Å². The summed E-state index contributed by atoms with van der Waals surface area (Å²) in [6.45, 7) is 2.14. The Hall–Kier alpha value is -3.43. The second kappa shape index (κ2) is 7.07. The Balaban J connectivity index is 1.91. The molecule has 0 atom stereocenters. The van der Waals surface area contributed by atoms with Crippen molar-refractivity contribution in [1.82, 2.24) is 9.55 Å². The molecule has 0 aliphatic rings. The highest BCUT2D eigenvalue weighted by Gasteiger charge is 2.20. The lowest BCUT2D eigenvalue weighted by Crippen LogP contribution is -1.98. The summed E-state index contributed by atoms with van der Waals surface area (Å²) in [6.07, 6.45) is 0. The number of para-hydroxylation sites is 1. The van der Waals surface area contributed by atoms with E-state index < -0.39 is 0 Å². The number of imidazole rings is 1. The van der Waals surface area contributed by atoms with Crippen LogP contribution in [0.25, 0.3) is 49.7 Å². The first-order valence-electron chi connectivity index (χ1n) is 10.4. The molecular weight excluding hydrogens is 444 g/mol. The highest BCUT2D eigenvalue weighted by Crippen LogP contribution is 2.40. The van der Waals surface area contributed by atoms with Crippen molar-refractivity contribution in [3.8, 4) is 17.1 Å². The van der Waals surface area contributed by atoms with E-state index in [1.54, 1.807) is 0 Å². The van der Waals surface area contributed by atoms with E-state index in [0.29, 0.717) is 0 Å². The summed E-state index contributed by atoms with van der Waals surface area (Å²) >= 11 is 3.70. The van der Waals surface area contributed by atoms with Crippen molar-refractivity contribution < 1.29 is 0 Å². The molecule has 0 spiro atoms. The van der Waals surface area contributed by atoms with Gasteiger partial charge in [0.05, 0.1) is 11.0 Å². The van der Waals surface area contributed by atoms with Gasteiger partial charge in [0.15, 0.2) is 0 Å². The Labute approximate surface area is 188 Å². The SMILES string of the molecule is Cc1ccc2c3ccc(Br)cc3c3c(nc(-c4ccccc4)n3-c3ccccc3)c2c1. The monoisotopic (exact) mass is 462 g/mol. The van der Waals surface area contributed by atoms with E-state index in [1.807, 2.05) is 6.07 Å². The largest absolute Gasteiger partial charge is 0.292 e. The van der Waals surface area contributed by atoms with Gasteiger partial charge in [-0.2, -0.15) is 0 Å². The predicted octanol–water partition coefficient (Wildman–Crippen LogP) is 8.07. The Morgan fingerprint density at radius 3 is 2.13 bits per heavy atom. The van der Waals surface area contributed by atoms with Crippen LogP contribution in [0.3, 0.4) is 0 Å². The molecular formula is C28H19BrN2. The molecule has 0 saturated carbocycles. The quantitative estimate of drug-likeness (QED) is 0.238. The molecule has 0 bridgehead atoms. The van der Waals surface area contributed by atoms with Crippen molar-refractivity contribution in [2.24, 2.45) is 0 Å². The summed E-state index contributed by atoms with van der Waals surface area (Å²) in [5.74, 6) is 0.956. The number of hydrogen-bond donors (Lipinski definition) is 0. The molecule has 148 valence electrons. The maximum Gasteiger partial charge on any atom is 0.145 e. The molecule has 1 aromatic heterocycles. The number of halogens is 1. The summed E-state index contributed by atoms with van der Waals surface area (Å²) in [5, 5.41) is 4.86. The third kappa shape index (κ3) is 2.88. The number of rotatable bonds is 2. The lowest BCUT2D eigenvalue weighted by Gasteiger charge is -2.13. The van der Waals surface area contributed by atoms with Crippen LogP contribution in [-0.4, -0.2) is 9.55 Å². The van der Waals surface area contributed by atoms with Gasteiger partial charge in [0.2, 0.25) is 0 Å². The van der Waals surface area contributed by atoms with Gasteiger partial charge in [-0.1, -0.05) is 88.2 Å². The van der Waals surface area contributed by atoms with Crippen LogP contribution in [0.2, 0.25) is 0 Å². The van der Waals surface area contributed by atoms with Gasteiger partial charge in [-0.25, -0.2) is 4.98 Å². The first kappa shape index (κ1) is 18.3. The fraction of sp³-hybridized carbons (Fsp3) is 0.0357. The molecule has 1 heterocycles. The number of aryl methyl sites for hydroxylation is 1. The summed E-state index contributed by atoms with van der Waals surface area (Å²) < 4.78 is 3.37. The predicted molar refractivity (Wildman–Crippen MR) is 134 cm³/mol. The van der Waals surface area contributed by atoms with Crippen LogP contribution in [0.15, 0.2) is 102 Å². The summed E-state index contributed by atoms with van der Waals surface area (Å²) in [6, 6.07) is 34.2. The first-order chi connectivity index (χ1) is 15.2. The van der Waals surface area contributed by atoms with Gasteiger partial charge < -0.3 is 0 Å². The molecule has 6 aromatic rings. The van der Waals surface area contributed by atoms with Gasteiger partial charge in [0.25, 0.3) is 0 Å². The number of hydrogen-bond acceptors (Lipinski definition) is 1. The van der Waals surface area contributed by atoms with Crippen LogP contribution < -0.4 is 0 Å². The van der Waals surface area contributed by atoms with Crippen LogP contribution >= 0.6 is 15.9 Å². The van der Waals surface area contributed by atoms with Crippen molar-refractivity contribution in [3.63, 3.8) is 0 Å². The molecule has 0 saturated heterocycles. The van der Waals surface area contributed by atoms with Crippen LogP contribution in [0.4, 0.5) is 0 Å². The zero-order chi connectivity index (χ0) is 20.9. The smallest absolute Gasteiger partial charge is 0.145 e. The molecule has 3 heteroatoms. The van der Waals surface area contributed by atoms with E-state index in [0.717, 1.165) is 32.6 Å². The zero-order valence-electron chi connectivity index (χ0n) is 17.0. The van der Waals surface area contributed by atoms with Crippen LogP contribution in [-0.2, 0) is 0 Å². The van der Waals surface area contributed by atoms with E-state index in [9.17, 15) is 0 Å². The normalized spacial score (nSPS) is 11.5. The summed E-state index contributed by atoms with van der Waals surface area (Å²) in [7, 11) is 0. The molecule has 31 heavy (non-hydrogen) atoms. The maximum absolute atomic E-state index is 5.26. The van der Waals surface area contributed by atoms with Crippen LogP contribution in [0.1, 0.15) is 5.56 Å². The Bertz CT molecular complexity index is 1580. The fourth-order valence-electron chi connectivity index (χ4n) is 4.50. The second-order valence-corrected chi connectivity index (χ2v) is 8.82. The van der Waals surface area contributed by atoms with Gasteiger partial charge in [-0.15, -0.1) is 0 Å². The average molecular weight is 463 g/mol. The lowest BCUT2D eigenvalue weighted by molar-refractivity contribution is 1.11. The van der Waals surface area contributed by atoms with Gasteiger partial charge >= 0.3 is 0 Å². The van der Waals surface area contributed by atoms with E-state index >= 15 is 0 Å². The number of nitrogens with zero attached hydrogens (tertiary/aromatic N) is 2. The highest BCUT2D eigenvalue weighted by molar-refractivity contribution is 9.10. The molecule has 6 rings (SSSR count). The summed E-state index contributed by atoms with van der Waals surface area (Å²) in [4.78, 5) is 5.26. The van der Waals surface area contributed by atoms with Gasteiger partial charge in [-0.05, 0) is 48.0 Å². The maximum atomic E-state index is 5.26. The van der Waals surface area contributed by atoms with Gasteiger partial charge in [0, 0.05) is 26.5 Å². The summed E-state index contributed by atoms with van der Waals surface area (Å²) in [5.41, 5.74) is 5.62. The highest BCUT2D eigenvalue weighted by atomic mass is 79.9. The average Bonchev–Trinajstić information content (AvgIpc) is 3.21. The topological polar surface area (TPSA) is 17.8 Å². The Morgan fingerprint density at radius 1 is 0.677 bits per heavy atom. The Morgan fingerprint density at radius 2 is 1.35 bits per heavy atom. The second-order valence-electron chi connectivity index (χ2n) is 7.91. The molecule has 0 fully saturated rings. The minimum absolute atomic E-state index is 0.956. The van der Waals surface area contributed by atoms with Crippen LogP contribution in [0.5, 0.6) is 0 Å². The molecule has 0 N–H and O–H groups in total. The zero-order valence-corrected chi connectivity index (χ0v) is 18.6. The minimum Gasteiger partial charge on any atom is -0.292 e. The van der Waals surface area contributed by atoms with E-state index in [2.05, 4.69) is 118 Å². The molecule has 0 aliphatic carbocycles. The Kier molecular flexibility index (Phi) is 4.18. The fourth-order valence-corrected chi connectivity index (χ4v) is 4.86. The van der Waals surface area contributed by atoms with Crippen molar-refractivity contribution >= 4 is 48.5 Å². The number of benzene rings is 5. The molecule has 0 amide bonds. The number of aromatic nitrogens is 2. The molecule has 0 radical (unpaired) electrons. The first-order valence-corrected chi connectivity index (χ1v) is 11.1. The van der Waals surface area contributed by atoms with E-state index in [1.165, 1.54) is 27.1 Å². The third-order valence-electron chi connectivity index (χ3n) is 5.88. The third-order valence-corrected chi connectivity index (χ3v) is 6.37. The van der Waals surface area contributed by atoms with Crippen LogP contribution in [0, 0.1) is 6.92 Å². The number of fused-ring (bicyclic) bond motifs is 6. The van der Waals surface area contributed by atoms with E-state index in [4.69, 9.17) is 4.98 Å². The molecule has 0 unspecified atom stereocenters. The standard InChI is InChI=1S/C28H19BrN2/c1-18-12-14-22-23-15-13-20(29)17-25(23)27-26(24(22)16-18)30-28(19-8-4-2-5-9-19)31(27)21-10-6-3-7-11-21/h2-17H,1H3. The molecule has 0 aliphatic heterocycles. The van der Waals surface area contributed by atoms with Crippen molar-refractivity contribution in [2.75, 3.05) is 0 Å². The van der Waals surface area contributed by atoms with Gasteiger partial charge in [0.1, 0.15) is 5.82 Å². The minimum atomic E-state index is 0.956.